The molecule has 98 valence electrons. The minimum absolute atomic E-state index is 0.00759. The summed E-state index contributed by atoms with van der Waals surface area (Å²) in [5.41, 5.74) is 0. The first kappa shape index (κ1) is 14.4. The summed E-state index contributed by atoms with van der Waals surface area (Å²) in [5, 5.41) is 4.77. The number of anilines is 1. The van der Waals surface area contributed by atoms with E-state index in [0.29, 0.717) is 0 Å². The van der Waals surface area contributed by atoms with Gasteiger partial charge in [0.15, 0.2) is 0 Å². The SMILES string of the molecule is FC(F)CN(CCCl)c1nnc(C(F)(F)F)s1. The molecular weight excluding hydrogens is 289 g/mol. The van der Waals surface area contributed by atoms with E-state index in [1.165, 1.54) is 0 Å². The summed E-state index contributed by atoms with van der Waals surface area (Å²) in [6.45, 7) is -0.738. The molecule has 0 aliphatic carbocycles. The Bertz CT molecular complexity index is 356. The van der Waals surface area contributed by atoms with Gasteiger partial charge < -0.3 is 4.90 Å². The fourth-order valence-corrected chi connectivity index (χ4v) is 1.94. The molecule has 1 aromatic rings. The van der Waals surface area contributed by atoms with Crippen LogP contribution in [0.3, 0.4) is 0 Å². The largest absolute Gasteiger partial charge is 0.445 e. The molecule has 0 aliphatic heterocycles. The molecule has 1 aromatic heterocycles. The summed E-state index contributed by atoms with van der Waals surface area (Å²) in [6.07, 6.45) is -7.30. The van der Waals surface area contributed by atoms with Crippen molar-refractivity contribution in [1.29, 1.82) is 0 Å². The Balaban J connectivity index is 2.84. The maximum Gasteiger partial charge on any atom is 0.445 e. The standard InChI is InChI=1S/C7H7ClF5N3S/c8-1-2-16(3-4(9)10)6-15-14-5(17-6)7(11,12)13/h4H,1-3H2. The highest BCUT2D eigenvalue weighted by Gasteiger charge is 2.36. The highest BCUT2D eigenvalue weighted by atomic mass is 35.5. The molecule has 0 saturated carbocycles. The van der Waals surface area contributed by atoms with Crippen LogP contribution >= 0.6 is 22.9 Å². The number of nitrogens with zero attached hydrogens (tertiary/aromatic N) is 3. The molecule has 0 unspecified atom stereocenters. The van der Waals surface area contributed by atoms with E-state index < -0.39 is 24.2 Å². The summed E-state index contributed by atoms with van der Waals surface area (Å²) < 4.78 is 61.1. The lowest BCUT2D eigenvalue weighted by Gasteiger charge is -2.18. The van der Waals surface area contributed by atoms with Crippen molar-refractivity contribution >= 4 is 28.1 Å². The van der Waals surface area contributed by atoms with E-state index in [2.05, 4.69) is 10.2 Å². The molecule has 10 heteroatoms. The van der Waals surface area contributed by atoms with Crippen molar-refractivity contribution in [1.82, 2.24) is 10.2 Å². The number of halogens is 6. The van der Waals surface area contributed by atoms with Crippen LogP contribution in [0, 0.1) is 0 Å². The van der Waals surface area contributed by atoms with Crippen LogP contribution in [0.2, 0.25) is 0 Å². The number of aromatic nitrogens is 2. The van der Waals surface area contributed by atoms with Crippen LogP contribution in [0.5, 0.6) is 0 Å². The van der Waals surface area contributed by atoms with Gasteiger partial charge in [0, 0.05) is 12.4 Å². The van der Waals surface area contributed by atoms with E-state index >= 15 is 0 Å². The molecule has 0 atom stereocenters. The monoisotopic (exact) mass is 295 g/mol. The second-order valence-electron chi connectivity index (χ2n) is 2.91. The predicted octanol–water partition coefficient (Wildman–Crippen LogP) is 2.87. The Morgan fingerprint density at radius 3 is 2.35 bits per heavy atom. The lowest BCUT2D eigenvalue weighted by Crippen LogP contribution is -2.30. The third-order valence-electron chi connectivity index (χ3n) is 1.64. The average Bonchev–Trinajstić information content (AvgIpc) is 2.64. The normalized spacial score (nSPS) is 12.2. The number of hydrogen-bond donors (Lipinski definition) is 0. The van der Waals surface area contributed by atoms with Crippen LogP contribution in [0.15, 0.2) is 0 Å². The highest BCUT2D eigenvalue weighted by Crippen LogP contribution is 2.34. The van der Waals surface area contributed by atoms with Gasteiger partial charge in [0.25, 0.3) is 6.43 Å². The molecule has 0 amide bonds. The van der Waals surface area contributed by atoms with Crippen LogP contribution in [-0.2, 0) is 6.18 Å². The second-order valence-corrected chi connectivity index (χ2v) is 4.25. The summed E-state index contributed by atoms with van der Waals surface area (Å²) in [6, 6.07) is 0. The third-order valence-corrected chi connectivity index (χ3v) is 2.84. The van der Waals surface area contributed by atoms with Crippen molar-refractivity contribution in [2.24, 2.45) is 0 Å². The molecule has 0 aliphatic rings. The van der Waals surface area contributed by atoms with Gasteiger partial charge in [0.2, 0.25) is 10.1 Å². The molecule has 0 N–H and O–H groups in total. The van der Waals surface area contributed by atoms with Crippen LogP contribution < -0.4 is 4.90 Å². The zero-order chi connectivity index (χ0) is 13.1. The van der Waals surface area contributed by atoms with Gasteiger partial charge in [-0.25, -0.2) is 8.78 Å². The lowest BCUT2D eigenvalue weighted by atomic mass is 10.5. The molecule has 1 heterocycles. The van der Waals surface area contributed by atoms with Gasteiger partial charge in [-0.05, 0) is 0 Å². The number of hydrogen-bond acceptors (Lipinski definition) is 4. The van der Waals surface area contributed by atoms with E-state index in [9.17, 15) is 22.0 Å². The van der Waals surface area contributed by atoms with Gasteiger partial charge >= 0.3 is 6.18 Å². The summed E-state index contributed by atoms with van der Waals surface area (Å²) in [5.74, 6) is 0.00759. The molecule has 0 spiro atoms. The number of alkyl halides is 6. The summed E-state index contributed by atoms with van der Waals surface area (Å²) in [7, 11) is 0. The molecule has 0 radical (unpaired) electrons. The molecule has 17 heavy (non-hydrogen) atoms. The predicted molar refractivity (Wildman–Crippen MR) is 53.8 cm³/mol. The maximum absolute atomic E-state index is 12.2. The maximum atomic E-state index is 12.2. The van der Waals surface area contributed by atoms with Crippen molar-refractivity contribution in [2.45, 2.75) is 12.6 Å². The van der Waals surface area contributed by atoms with Gasteiger partial charge in [-0.3, -0.25) is 0 Å². The van der Waals surface area contributed by atoms with Crippen LogP contribution in [0.4, 0.5) is 27.1 Å². The third kappa shape index (κ3) is 4.23. The van der Waals surface area contributed by atoms with E-state index in [0.717, 1.165) is 4.90 Å². The zero-order valence-electron chi connectivity index (χ0n) is 8.22. The lowest BCUT2D eigenvalue weighted by molar-refractivity contribution is -0.138. The van der Waals surface area contributed by atoms with Crippen LogP contribution in [0.1, 0.15) is 5.01 Å². The minimum Gasteiger partial charge on any atom is -0.340 e. The van der Waals surface area contributed by atoms with Crippen molar-refractivity contribution in [3.8, 4) is 0 Å². The molecular formula is C7H7ClF5N3S. The van der Waals surface area contributed by atoms with Crippen molar-refractivity contribution < 1.29 is 22.0 Å². The molecule has 1 rings (SSSR count). The van der Waals surface area contributed by atoms with E-state index in [4.69, 9.17) is 11.6 Å². The Morgan fingerprint density at radius 2 is 1.94 bits per heavy atom. The smallest absolute Gasteiger partial charge is 0.340 e. The summed E-state index contributed by atoms with van der Waals surface area (Å²) in [4.78, 5) is 0.977. The quantitative estimate of drug-likeness (QED) is 0.618. The van der Waals surface area contributed by atoms with E-state index in [1.807, 2.05) is 0 Å². The topological polar surface area (TPSA) is 29.0 Å². The highest BCUT2D eigenvalue weighted by molar-refractivity contribution is 7.15. The molecule has 0 bridgehead atoms. The van der Waals surface area contributed by atoms with Crippen molar-refractivity contribution in [3.63, 3.8) is 0 Å². The fourth-order valence-electron chi connectivity index (χ4n) is 0.991. The summed E-state index contributed by atoms with van der Waals surface area (Å²) >= 11 is 5.59. The fraction of sp³-hybridized carbons (Fsp3) is 0.714. The Labute approximate surface area is 102 Å². The zero-order valence-corrected chi connectivity index (χ0v) is 9.79. The first-order valence-electron chi connectivity index (χ1n) is 4.34. The van der Waals surface area contributed by atoms with Gasteiger partial charge in [-0.1, -0.05) is 11.3 Å². The Hall–Kier alpha value is -0.700. The molecule has 0 fully saturated rings. The van der Waals surface area contributed by atoms with E-state index in [1.54, 1.807) is 0 Å². The molecule has 0 saturated heterocycles. The first-order chi connectivity index (χ1) is 7.84. The van der Waals surface area contributed by atoms with Crippen LogP contribution in [-0.4, -0.2) is 35.6 Å². The Kier molecular flexibility index (Phi) is 4.87. The van der Waals surface area contributed by atoms with Crippen molar-refractivity contribution in [3.05, 3.63) is 5.01 Å². The average molecular weight is 296 g/mol. The molecule has 0 aromatic carbocycles. The van der Waals surface area contributed by atoms with Gasteiger partial charge in [0.05, 0.1) is 6.54 Å². The Morgan fingerprint density at radius 1 is 1.29 bits per heavy atom. The second kappa shape index (κ2) is 5.76. The van der Waals surface area contributed by atoms with Gasteiger partial charge in [0.1, 0.15) is 0 Å². The first-order valence-corrected chi connectivity index (χ1v) is 5.69. The minimum atomic E-state index is -4.62. The van der Waals surface area contributed by atoms with E-state index in [-0.39, 0.29) is 28.9 Å². The molecule has 3 nitrogen and oxygen atoms in total. The number of rotatable bonds is 5. The van der Waals surface area contributed by atoms with Crippen LogP contribution in [0.25, 0.3) is 0 Å². The van der Waals surface area contributed by atoms with Gasteiger partial charge in [-0.2, -0.15) is 13.2 Å². The van der Waals surface area contributed by atoms with Crippen molar-refractivity contribution in [2.75, 3.05) is 23.9 Å². The van der Waals surface area contributed by atoms with Gasteiger partial charge in [-0.15, -0.1) is 21.8 Å².